The zero-order chi connectivity index (χ0) is 11.4. The molecule has 4 nitrogen and oxygen atoms in total. The Morgan fingerprint density at radius 1 is 1.38 bits per heavy atom. The molecule has 0 atom stereocenters. The maximum absolute atomic E-state index is 12.6. The molecule has 0 saturated heterocycles. The fourth-order valence-corrected chi connectivity index (χ4v) is 1.26. The Balaban J connectivity index is 1.93. The van der Waals surface area contributed by atoms with E-state index in [0.717, 1.165) is 5.56 Å². The molecule has 1 aromatic carbocycles. The molecule has 5 heteroatoms. The number of aromatic nitrogens is 2. The molecule has 1 aromatic heterocycles. The summed E-state index contributed by atoms with van der Waals surface area (Å²) in [5, 5.41) is 2.68. The first kappa shape index (κ1) is 10.4. The minimum atomic E-state index is -0.289. The molecule has 16 heavy (non-hydrogen) atoms. The van der Waals surface area contributed by atoms with Crippen LogP contribution in [0.2, 0.25) is 0 Å². The summed E-state index contributed by atoms with van der Waals surface area (Å²) in [6, 6.07) is 5.96. The monoisotopic (exact) mass is 219 g/mol. The maximum Gasteiger partial charge on any atom is 0.271 e. The van der Waals surface area contributed by atoms with Crippen molar-refractivity contribution in [3.05, 3.63) is 53.9 Å². The summed E-state index contributed by atoms with van der Waals surface area (Å²) in [4.78, 5) is 18.0. The highest BCUT2D eigenvalue weighted by Gasteiger charge is 2.06. The van der Waals surface area contributed by atoms with Gasteiger partial charge < -0.3 is 10.3 Å². The molecule has 0 radical (unpaired) electrons. The molecule has 0 spiro atoms. The summed E-state index contributed by atoms with van der Waals surface area (Å²) < 4.78 is 12.6. The van der Waals surface area contributed by atoms with E-state index in [9.17, 15) is 9.18 Å². The number of carbonyl (C=O) groups excluding carboxylic acids is 1. The van der Waals surface area contributed by atoms with Crippen LogP contribution < -0.4 is 5.32 Å². The standard InChI is InChI=1S/C11H10FN3O/c12-9-3-1-8(2-4-9)5-14-11(16)10-6-13-7-15-10/h1-4,6-7H,5H2,(H,13,15)(H,14,16). The van der Waals surface area contributed by atoms with E-state index in [1.54, 1.807) is 12.1 Å². The van der Waals surface area contributed by atoms with Gasteiger partial charge in [-0.05, 0) is 17.7 Å². The van der Waals surface area contributed by atoms with E-state index in [1.807, 2.05) is 0 Å². The molecular formula is C11H10FN3O. The Hall–Kier alpha value is -2.17. The number of halogens is 1. The van der Waals surface area contributed by atoms with E-state index in [4.69, 9.17) is 0 Å². The van der Waals surface area contributed by atoms with Gasteiger partial charge in [0.2, 0.25) is 0 Å². The minimum Gasteiger partial charge on any atom is -0.350 e. The van der Waals surface area contributed by atoms with Gasteiger partial charge in [0.1, 0.15) is 11.5 Å². The maximum atomic E-state index is 12.6. The van der Waals surface area contributed by atoms with E-state index in [-0.39, 0.29) is 11.7 Å². The second-order valence-corrected chi connectivity index (χ2v) is 3.26. The molecule has 0 saturated carbocycles. The fourth-order valence-electron chi connectivity index (χ4n) is 1.26. The van der Waals surface area contributed by atoms with Crippen molar-refractivity contribution in [2.24, 2.45) is 0 Å². The van der Waals surface area contributed by atoms with Crippen molar-refractivity contribution in [1.29, 1.82) is 0 Å². The van der Waals surface area contributed by atoms with Crippen molar-refractivity contribution in [2.45, 2.75) is 6.54 Å². The van der Waals surface area contributed by atoms with Crippen molar-refractivity contribution >= 4 is 5.91 Å². The van der Waals surface area contributed by atoms with Crippen molar-refractivity contribution in [2.75, 3.05) is 0 Å². The molecule has 0 unspecified atom stereocenters. The van der Waals surface area contributed by atoms with Crippen LogP contribution in [-0.2, 0) is 6.54 Å². The van der Waals surface area contributed by atoms with Gasteiger partial charge in [0.15, 0.2) is 0 Å². The molecule has 0 aliphatic rings. The van der Waals surface area contributed by atoms with Crippen LogP contribution in [0.15, 0.2) is 36.8 Å². The van der Waals surface area contributed by atoms with Crippen LogP contribution in [0.5, 0.6) is 0 Å². The lowest BCUT2D eigenvalue weighted by Crippen LogP contribution is -2.23. The smallest absolute Gasteiger partial charge is 0.271 e. The summed E-state index contributed by atoms with van der Waals surface area (Å²) in [5.74, 6) is -0.548. The zero-order valence-electron chi connectivity index (χ0n) is 8.40. The summed E-state index contributed by atoms with van der Waals surface area (Å²) in [6.45, 7) is 0.353. The summed E-state index contributed by atoms with van der Waals surface area (Å²) in [7, 11) is 0. The minimum absolute atomic E-state index is 0.259. The number of amides is 1. The molecule has 2 aromatic rings. The van der Waals surface area contributed by atoms with E-state index in [2.05, 4.69) is 15.3 Å². The number of aromatic amines is 1. The number of nitrogens with one attached hydrogen (secondary N) is 2. The normalized spacial score (nSPS) is 10.1. The van der Waals surface area contributed by atoms with Gasteiger partial charge in [-0.2, -0.15) is 0 Å². The lowest BCUT2D eigenvalue weighted by molar-refractivity contribution is 0.0946. The molecule has 82 valence electrons. The Kier molecular flexibility index (Phi) is 2.95. The number of hydrogen-bond acceptors (Lipinski definition) is 2. The Bertz CT molecular complexity index is 464. The van der Waals surface area contributed by atoms with Crippen molar-refractivity contribution in [3.63, 3.8) is 0 Å². The predicted molar refractivity (Wildman–Crippen MR) is 56.2 cm³/mol. The highest BCUT2D eigenvalue weighted by molar-refractivity contribution is 5.91. The van der Waals surface area contributed by atoms with E-state index >= 15 is 0 Å². The van der Waals surface area contributed by atoms with E-state index in [0.29, 0.717) is 12.2 Å². The van der Waals surface area contributed by atoms with E-state index < -0.39 is 0 Å². The van der Waals surface area contributed by atoms with Crippen LogP contribution >= 0.6 is 0 Å². The van der Waals surface area contributed by atoms with Gasteiger partial charge in [0, 0.05) is 12.7 Å². The SMILES string of the molecule is O=C(NCc1ccc(F)cc1)c1c[nH]cn1. The summed E-state index contributed by atoms with van der Waals surface area (Å²) in [6.07, 6.45) is 2.95. The molecular weight excluding hydrogens is 209 g/mol. The first-order chi connectivity index (χ1) is 7.75. The zero-order valence-corrected chi connectivity index (χ0v) is 8.40. The number of rotatable bonds is 3. The van der Waals surface area contributed by atoms with Crippen molar-refractivity contribution in [1.82, 2.24) is 15.3 Å². The number of hydrogen-bond donors (Lipinski definition) is 2. The number of imidazole rings is 1. The van der Waals surface area contributed by atoms with Crippen molar-refractivity contribution < 1.29 is 9.18 Å². The van der Waals surface area contributed by atoms with Gasteiger partial charge in [-0.15, -0.1) is 0 Å². The molecule has 2 rings (SSSR count). The Labute approximate surface area is 91.5 Å². The van der Waals surface area contributed by atoms with Gasteiger partial charge in [0.25, 0.3) is 5.91 Å². The van der Waals surface area contributed by atoms with Crippen LogP contribution in [-0.4, -0.2) is 15.9 Å². The number of H-pyrrole nitrogens is 1. The highest BCUT2D eigenvalue weighted by Crippen LogP contribution is 2.02. The molecule has 0 fully saturated rings. The van der Waals surface area contributed by atoms with Gasteiger partial charge >= 0.3 is 0 Å². The molecule has 0 bridgehead atoms. The van der Waals surface area contributed by atoms with Crippen LogP contribution in [0.1, 0.15) is 16.1 Å². The Morgan fingerprint density at radius 2 is 2.12 bits per heavy atom. The van der Waals surface area contributed by atoms with Gasteiger partial charge in [-0.1, -0.05) is 12.1 Å². The number of benzene rings is 1. The quantitative estimate of drug-likeness (QED) is 0.821. The van der Waals surface area contributed by atoms with Gasteiger partial charge in [-0.3, -0.25) is 4.79 Å². The van der Waals surface area contributed by atoms with Gasteiger partial charge in [0.05, 0.1) is 6.33 Å². The lowest BCUT2D eigenvalue weighted by Gasteiger charge is -2.02. The van der Waals surface area contributed by atoms with Crippen molar-refractivity contribution in [3.8, 4) is 0 Å². The average Bonchev–Trinajstić information content (AvgIpc) is 2.81. The average molecular weight is 219 g/mol. The topological polar surface area (TPSA) is 57.8 Å². The third kappa shape index (κ3) is 2.44. The molecule has 1 amide bonds. The second kappa shape index (κ2) is 4.57. The first-order valence-corrected chi connectivity index (χ1v) is 4.77. The third-order valence-corrected chi connectivity index (χ3v) is 2.10. The number of carbonyl (C=O) groups is 1. The molecule has 0 aliphatic heterocycles. The molecule has 2 N–H and O–H groups in total. The van der Waals surface area contributed by atoms with Crippen LogP contribution in [0, 0.1) is 5.82 Å². The third-order valence-electron chi connectivity index (χ3n) is 2.10. The first-order valence-electron chi connectivity index (χ1n) is 4.77. The predicted octanol–water partition coefficient (Wildman–Crippen LogP) is 1.48. The van der Waals surface area contributed by atoms with E-state index in [1.165, 1.54) is 24.7 Å². The molecule has 1 heterocycles. The van der Waals surface area contributed by atoms with Gasteiger partial charge in [-0.25, -0.2) is 9.37 Å². The van der Waals surface area contributed by atoms with Crippen LogP contribution in [0.25, 0.3) is 0 Å². The fraction of sp³-hybridized carbons (Fsp3) is 0.0909. The lowest BCUT2D eigenvalue weighted by atomic mass is 10.2. The molecule has 0 aliphatic carbocycles. The number of nitrogens with zero attached hydrogens (tertiary/aromatic N) is 1. The van der Waals surface area contributed by atoms with Crippen LogP contribution in [0.3, 0.4) is 0 Å². The summed E-state index contributed by atoms with van der Waals surface area (Å²) >= 11 is 0. The highest BCUT2D eigenvalue weighted by atomic mass is 19.1. The largest absolute Gasteiger partial charge is 0.350 e. The second-order valence-electron chi connectivity index (χ2n) is 3.26. The summed E-state index contributed by atoms with van der Waals surface area (Å²) in [5.41, 5.74) is 1.17. The van der Waals surface area contributed by atoms with Crippen LogP contribution in [0.4, 0.5) is 4.39 Å². The Morgan fingerprint density at radius 3 is 2.75 bits per heavy atom.